The molecule has 0 bridgehead atoms. The van der Waals surface area contributed by atoms with Gasteiger partial charge in [0, 0.05) is 0 Å². The molecule has 1 heteroatoms. The quantitative estimate of drug-likeness (QED) is 0.652. The normalized spacial score (nSPS) is 10.4. The van der Waals surface area contributed by atoms with Gasteiger partial charge in [-0.3, -0.25) is 0 Å². The fraction of sp³-hybridized carbons (Fsp3) is 0.278. The van der Waals surface area contributed by atoms with Gasteiger partial charge in [-0.05, 0) is 55.9 Å². The number of hydrogen-bond acceptors (Lipinski definition) is 1. The van der Waals surface area contributed by atoms with Gasteiger partial charge in [-0.25, -0.2) is 0 Å². The molecule has 2 rings (SSSR count). The Bertz CT molecular complexity index is 459. The van der Waals surface area contributed by atoms with E-state index in [2.05, 4.69) is 31.2 Å². The molecule has 0 aliphatic rings. The van der Waals surface area contributed by atoms with Crippen molar-refractivity contribution in [3.63, 3.8) is 0 Å². The number of unbranched alkanes of at least 4 members (excludes halogenated alkanes) is 2. The zero-order chi connectivity index (χ0) is 13.3. The fourth-order valence-corrected chi connectivity index (χ4v) is 2.02. The first kappa shape index (κ1) is 13.7. The van der Waals surface area contributed by atoms with Crippen molar-refractivity contribution in [2.45, 2.75) is 25.7 Å². The minimum Gasteiger partial charge on any atom is -0.494 e. The third-order valence-corrected chi connectivity index (χ3v) is 3.14. The van der Waals surface area contributed by atoms with Crippen LogP contribution in [-0.2, 0) is 6.42 Å². The van der Waals surface area contributed by atoms with Gasteiger partial charge in [0.15, 0.2) is 0 Å². The summed E-state index contributed by atoms with van der Waals surface area (Å²) in [6.07, 6.45) is 4.68. The van der Waals surface area contributed by atoms with Crippen molar-refractivity contribution in [1.29, 1.82) is 0 Å². The van der Waals surface area contributed by atoms with E-state index < -0.39 is 0 Å². The average Bonchev–Trinajstić information content (AvgIpc) is 2.46. The maximum absolute atomic E-state index is 5.67. The van der Waals surface area contributed by atoms with Crippen LogP contribution >= 0.6 is 0 Å². The summed E-state index contributed by atoms with van der Waals surface area (Å²) in [6.45, 7) is 4.70. The molecule has 0 unspecified atom stereocenters. The summed E-state index contributed by atoms with van der Waals surface area (Å²) >= 11 is 0. The molecule has 99 valence electrons. The highest BCUT2D eigenvalue weighted by Crippen LogP contribution is 2.11. The van der Waals surface area contributed by atoms with Crippen LogP contribution in [0, 0.1) is 6.92 Å². The third kappa shape index (κ3) is 5.17. The minimum absolute atomic E-state index is 0.807. The van der Waals surface area contributed by atoms with Crippen molar-refractivity contribution in [3.8, 4) is 5.75 Å². The molecule has 0 N–H and O–H groups in total. The van der Waals surface area contributed by atoms with Crippen LogP contribution in [0.4, 0.5) is 0 Å². The van der Waals surface area contributed by atoms with E-state index in [-0.39, 0.29) is 0 Å². The van der Waals surface area contributed by atoms with Crippen LogP contribution in [0.2, 0.25) is 0 Å². The summed E-state index contributed by atoms with van der Waals surface area (Å²) in [5, 5.41) is 0. The second kappa shape index (κ2) is 7.63. The molecule has 19 heavy (non-hydrogen) atoms. The number of rotatable bonds is 7. The molecule has 2 aromatic carbocycles. The fourth-order valence-electron chi connectivity index (χ4n) is 2.02. The van der Waals surface area contributed by atoms with Gasteiger partial charge < -0.3 is 4.74 Å². The Hall–Kier alpha value is -1.76. The van der Waals surface area contributed by atoms with Crippen LogP contribution in [0.15, 0.2) is 54.6 Å². The summed E-state index contributed by atoms with van der Waals surface area (Å²) < 4.78 is 5.67. The molecule has 0 saturated heterocycles. The van der Waals surface area contributed by atoms with Gasteiger partial charge in [0.2, 0.25) is 0 Å². The molecule has 1 nitrogen and oxygen atoms in total. The van der Waals surface area contributed by atoms with Crippen LogP contribution in [0.3, 0.4) is 0 Å². The molecule has 0 aromatic heterocycles. The van der Waals surface area contributed by atoms with E-state index in [1.807, 2.05) is 30.3 Å². The summed E-state index contributed by atoms with van der Waals surface area (Å²) in [4.78, 5) is 0. The summed E-state index contributed by atoms with van der Waals surface area (Å²) in [5.41, 5.74) is 2.48. The Kier molecular flexibility index (Phi) is 5.49. The van der Waals surface area contributed by atoms with Gasteiger partial charge in [-0.2, -0.15) is 0 Å². The van der Waals surface area contributed by atoms with Gasteiger partial charge in [0.05, 0.1) is 6.61 Å². The van der Waals surface area contributed by atoms with Gasteiger partial charge >= 0.3 is 0 Å². The molecular formula is C18H21O. The van der Waals surface area contributed by atoms with Crippen molar-refractivity contribution >= 4 is 0 Å². The lowest BCUT2D eigenvalue weighted by Crippen LogP contribution is -1.97. The van der Waals surface area contributed by atoms with E-state index in [0.717, 1.165) is 30.8 Å². The van der Waals surface area contributed by atoms with Crippen molar-refractivity contribution < 1.29 is 4.74 Å². The zero-order valence-electron chi connectivity index (χ0n) is 11.3. The van der Waals surface area contributed by atoms with E-state index >= 15 is 0 Å². The zero-order valence-corrected chi connectivity index (χ0v) is 11.3. The van der Waals surface area contributed by atoms with Crippen LogP contribution < -0.4 is 4.74 Å². The second-order valence-electron chi connectivity index (χ2n) is 4.79. The standard InChI is InChI=1S/C18H21O/c1-16-11-13-17(14-12-16)8-4-3-7-15-19-18-9-5-2-6-10-18/h2,5-6,9-14H,1,3-4,7-8,15H2. The van der Waals surface area contributed by atoms with E-state index in [4.69, 9.17) is 4.74 Å². The Morgan fingerprint density at radius 1 is 0.789 bits per heavy atom. The molecule has 0 heterocycles. The molecule has 0 atom stereocenters. The van der Waals surface area contributed by atoms with Gasteiger partial charge in [0.1, 0.15) is 5.75 Å². The summed E-state index contributed by atoms with van der Waals surface area (Å²) in [7, 11) is 0. The van der Waals surface area contributed by atoms with Crippen molar-refractivity contribution in [2.24, 2.45) is 0 Å². The maximum atomic E-state index is 5.67. The first-order valence-corrected chi connectivity index (χ1v) is 6.93. The third-order valence-electron chi connectivity index (χ3n) is 3.14. The summed E-state index contributed by atoms with van der Waals surface area (Å²) in [6, 6.07) is 18.5. The SMILES string of the molecule is [CH2]c1ccc(CCCCCOc2ccccc2)cc1. The molecule has 0 aliphatic heterocycles. The Balaban J connectivity index is 1.56. The smallest absolute Gasteiger partial charge is 0.119 e. The lowest BCUT2D eigenvalue weighted by Gasteiger charge is -2.06. The lowest BCUT2D eigenvalue weighted by atomic mass is 10.1. The van der Waals surface area contributed by atoms with Gasteiger partial charge in [-0.1, -0.05) is 42.5 Å². The Labute approximate surface area is 116 Å². The Morgan fingerprint density at radius 2 is 1.53 bits per heavy atom. The Morgan fingerprint density at radius 3 is 2.26 bits per heavy atom. The molecule has 1 radical (unpaired) electrons. The van der Waals surface area contributed by atoms with Crippen molar-refractivity contribution in [3.05, 3.63) is 72.6 Å². The van der Waals surface area contributed by atoms with Crippen molar-refractivity contribution in [2.75, 3.05) is 6.61 Å². The number of aryl methyl sites for hydroxylation is 1. The number of ether oxygens (including phenoxy) is 1. The number of benzene rings is 2. The molecule has 2 aromatic rings. The first-order chi connectivity index (χ1) is 9.34. The van der Waals surface area contributed by atoms with Crippen LogP contribution in [0.5, 0.6) is 5.75 Å². The number of hydrogen-bond donors (Lipinski definition) is 0. The van der Waals surface area contributed by atoms with Crippen LogP contribution in [0.25, 0.3) is 0 Å². The monoisotopic (exact) mass is 253 g/mol. The van der Waals surface area contributed by atoms with Gasteiger partial charge in [0.25, 0.3) is 0 Å². The molecule has 0 aliphatic carbocycles. The van der Waals surface area contributed by atoms with Gasteiger partial charge in [-0.15, -0.1) is 0 Å². The van der Waals surface area contributed by atoms with E-state index in [1.165, 1.54) is 18.4 Å². The average molecular weight is 253 g/mol. The first-order valence-electron chi connectivity index (χ1n) is 6.93. The topological polar surface area (TPSA) is 9.23 Å². The molecule has 0 spiro atoms. The van der Waals surface area contributed by atoms with Crippen LogP contribution in [-0.4, -0.2) is 6.61 Å². The molecule has 0 saturated carbocycles. The maximum Gasteiger partial charge on any atom is 0.119 e. The largest absolute Gasteiger partial charge is 0.494 e. The highest BCUT2D eigenvalue weighted by Gasteiger charge is 1.95. The molecule has 0 amide bonds. The lowest BCUT2D eigenvalue weighted by molar-refractivity contribution is 0.305. The van der Waals surface area contributed by atoms with Crippen LogP contribution in [0.1, 0.15) is 30.4 Å². The molecular weight excluding hydrogens is 232 g/mol. The number of para-hydroxylation sites is 1. The van der Waals surface area contributed by atoms with Crippen molar-refractivity contribution in [1.82, 2.24) is 0 Å². The predicted molar refractivity (Wildman–Crippen MR) is 80.4 cm³/mol. The molecule has 0 fully saturated rings. The highest BCUT2D eigenvalue weighted by atomic mass is 16.5. The highest BCUT2D eigenvalue weighted by molar-refractivity contribution is 5.24. The van der Waals surface area contributed by atoms with E-state index in [9.17, 15) is 0 Å². The van der Waals surface area contributed by atoms with E-state index in [1.54, 1.807) is 0 Å². The summed E-state index contributed by atoms with van der Waals surface area (Å²) in [5.74, 6) is 0.966. The van der Waals surface area contributed by atoms with E-state index in [0.29, 0.717) is 0 Å². The minimum atomic E-state index is 0.807. The predicted octanol–water partition coefficient (Wildman–Crippen LogP) is 4.66. The second-order valence-corrected chi connectivity index (χ2v) is 4.79.